The van der Waals surface area contributed by atoms with Crippen molar-refractivity contribution in [3.8, 4) is 5.75 Å². The van der Waals surface area contributed by atoms with Crippen molar-refractivity contribution in [3.63, 3.8) is 0 Å². The summed E-state index contributed by atoms with van der Waals surface area (Å²) in [6, 6.07) is 14.0. The van der Waals surface area contributed by atoms with Gasteiger partial charge in [0.15, 0.2) is 0 Å². The lowest BCUT2D eigenvalue weighted by atomic mass is 10.1. The van der Waals surface area contributed by atoms with Crippen LogP contribution in [0.4, 0.5) is 0 Å². The van der Waals surface area contributed by atoms with Crippen molar-refractivity contribution in [1.29, 1.82) is 0 Å². The number of hydrogen-bond acceptors (Lipinski definition) is 4. The normalized spacial score (nSPS) is 17.0. The molecule has 0 spiro atoms. The van der Waals surface area contributed by atoms with Gasteiger partial charge in [-0.05, 0) is 42.7 Å². The number of amides is 2. The van der Waals surface area contributed by atoms with Crippen LogP contribution in [0.1, 0.15) is 39.1 Å². The van der Waals surface area contributed by atoms with Gasteiger partial charge in [-0.2, -0.15) is 0 Å². The average Bonchev–Trinajstić information content (AvgIpc) is 2.66. The standard InChI is InChI=1S/C20H22N2O4/c21-19(24)17-8-1-2-9-18(17)26-13-14-5-3-6-15(11-14)20(25)22-10-4-7-16(23)12-22/h1-3,5-6,8-9,11,16,23H,4,7,10,12-13H2,(H2,21,24). The first-order valence-corrected chi connectivity index (χ1v) is 8.62. The van der Waals surface area contributed by atoms with Crippen molar-refractivity contribution in [2.75, 3.05) is 13.1 Å². The third kappa shape index (κ3) is 4.21. The number of carbonyl (C=O) groups excluding carboxylic acids is 2. The van der Waals surface area contributed by atoms with Crippen LogP contribution in [0.25, 0.3) is 0 Å². The second-order valence-corrected chi connectivity index (χ2v) is 6.40. The van der Waals surface area contributed by atoms with Crippen LogP contribution < -0.4 is 10.5 Å². The number of nitrogens with two attached hydrogens (primary N) is 1. The average molecular weight is 354 g/mol. The molecule has 6 nitrogen and oxygen atoms in total. The molecule has 1 aliphatic heterocycles. The van der Waals surface area contributed by atoms with E-state index in [1.54, 1.807) is 47.4 Å². The number of para-hydroxylation sites is 1. The molecule has 3 rings (SSSR count). The third-order valence-electron chi connectivity index (χ3n) is 4.40. The number of aliphatic hydroxyl groups excluding tert-OH is 1. The lowest BCUT2D eigenvalue weighted by molar-refractivity contribution is 0.0473. The second-order valence-electron chi connectivity index (χ2n) is 6.40. The number of carbonyl (C=O) groups is 2. The molecule has 0 radical (unpaired) electrons. The molecule has 1 atom stereocenters. The summed E-state index contributed by atoms with van der Waals surface area (Å²) in [6.07, 6.45) is 1.08. The molecule has 1 unspecified atom stereocenters. The van der Waals surface area contributed by atoms with Gasteiger partial charge in [0.1, 0.15) is 12.4 Å². The fourth-order valence-electron chi connectivity index (χ4n) is 3.07. The SMILES string of the molecule is NC(=O)c1ccccc1OCc1cccc(C(=O)N2CCCC(O)C2)c1. The van der Waals surface area contributed by atoms with Gasteiger partial charge in [-0.1, -0.05) is 24.3 Å². The van der Waals surface area contributed by atoms with Gasteiger partial charge < -0.3 is 20.5 Å². The molecule has 1 aliphatic rings. The van der Waals surface area contributed by atoms with Crippen LogP contribution in [-0.4, -0.2) is 41.0 Å². The van der Waals surface area contributed by atoms with E-state index in [4.69, 9.17) is 10.5 Å². The molecule has 26 heavy (non-hydrogen) atoms. The largest absolute Gasteiger partial charge is 0.488 e. The van der Waals surface area contributed by atoms with E-state index < -0.39 is 12.0 Å². The Morgan fingerprint density at radius 3 is 2.77 bits per heavy atom. The number of rotatable bonds is 5. The molecule has 0 aliphatic carbocycles. The van der Waals surface area contributed by atoms with Crippen LogP contribution in [0.15, 0.2) is 48.5 Å². The quantitative estimate of drug-likeness (QED) is 0.858. The first-order chi connectivity index (χ1) is 12.5. The van der Waals surface area contributed by atoms with E-state index in [1.165, 1.54) is 0 Å². The minimum Gasteiger partial charge on any atom is -0.488 e. The zero-order chi connectivity index (χ0) is 18.5. The van der Waals surface area contributed by atoms with Crippen molar-refractivity contribution >= 4 is 11.8 Å². The number of piperidine rings is 1. The molecule has 0 bridgehead atoms. The van der Waals surface area contributed by atoms with Crippen LogP contribution in [-0.2, 0) is 6.61 Å². The smallest absolute Gasteiger partial charge is 0.253 e. The van der Waals surface area contributed by atoms with Crippen LogP contribution in [0.5, 0.6) is 5.75 Å². The highest BCUT2D eigenvalue weighted by Gasteiger charge is 2.23. The Morgan fingerprint density at radius 2 is 2.00 bits per heavy atom. The van der Waals surface area contributed by atoms with Crippen molar-refractivity contribution in [2.24, 2.45) is 5.73 Å². The molecule has 3 N–H and O–H groups in total. The highest BCUT2D eigenvalue weighted by Crippen LogP contribution is 2.20. The van der Waals surface area contributed by atoms with E-state index in [1.807, 2.05) is 6.07 Å². The third-order valence-corrected chi connectivity index (χ3v) is 4.40. The fraction of sp³-hybridized carbons (Fsp3) is 0.300. The van der Waals surface area contributed by atoms with Gasteiger partial charge in [0.2, 0.25) is 0 Å². The van der Waals surface area contributed by atoms with Crippen LogP contribution in [0.2, 0.25) is 0 Å². The van der Waals surface area contributed by atoms with Gasteiger partial charge in [-0.15, -0.1) is 0 Å². The van der Waals surface area contributed by atoms with Gasteiger partial charge in [-0.25, -0.2) is 0 Å². The Bertz CT molecular complexity index is 806. The summed E-state index contributed by atoms with van der Waals surface area (Å²) in [7, 11) is 0. The molecule has 2 aromatic carbocycles. The molecule has 0 saturated carbocycles. The zero-order valence-electron chi connectivity index (χ0n) is 14.4. The number of primary amides is 1. The summed E-state index contributed by atoms with van der Waals surface area (Å²) < 4.78 is 5.72. The van der Waals surface area contributed by atoms with Gasteiger partial charge in [0.05, 0.1) is 11.7 Å². The minimum atomic E-state index is -0.548. The highest BCUT2D eigenvalue weighted by molar-refractivity contribution is 5.95. The highest BCUT2D eigenvalue weighted by atomic mass is 16.5. The second kappa shape index (κ2) is 8.01. The Kier molecular flexibility index (Phi) is 5.53. The maximum atomic E-state index is 12.6. The van der Waals surface area contributed by atoms with Crippen molar-refractivity contribution in [1.82, 2.24) is 4.90 Å². The topological polar surface area (TPSA) is 92.9 Å². The minimum absolute atomic E-state index is 0.0943. The van der Waals surface area contributed by atoms with E-state index in [2.05, 4.69) is 0 Å². The van der Waals surface area contributed by atoms with E-state index >= 15 is 0 Å². The molecule has 6 heteroatoms. The maximum absolute atomic E-state index is 12.6. The number of β-amino-alcohol motifs (C(OH)–C–C–N with tert-alkyl or cyclic N) is 1. The molecular formula is C20H22N2O4. The maximum Gasteiger partial charge on any atom is 0.253 e. The van der Waals surface area contributed by atoms with E-state index in [9.17, 15) is 14.7 Å². The van der Waals surface area contributed by atoms with Crippen molar-refractivity contribution < 1.29 is 19.4 Å². The fourth-order valence-corrected chi connectivity index (χ4v) is 3.07. The first-order valence-electron chi connectivity index (χ1n) is 8.62. The number of nitrogens with zero attached hydrogens (tertiary/aromatic N) is 1. The molecule has 2 amide bonds. The monoisotopic (exact) mass is 354 g/mol. The number of hydrogen-bond donors (Lipinski definition) is 2. The summed E-state index contributed by atoms with van der Waals surface area (Å²) in [5.41, 5.74) is 7.04. The number of benzene rings is 2. The predicted octanol–water partition coefficient (Wildman–Crippen LogP) is 1.96. The summed E-state index contributed by atoms with van der Waals surface area (Å²) in [6.45, 7) is 1.24. The molecular weight excluding hydrogens is 332 g/mol. The Labute approximate surface area is 152 Å². The van der Waals surface area contributed by atoms with Crippen molar-refractivity contribution in [3.05, 3.63) is 65.2 Å². The van der Waals surface area contributed by atoms with Gasteiger partial charge >= 0.3 is 0 Å². The van der Waals surface area contributed by atoms with Gasteiger partial charge in [0.25, 0.3) is 11.8 Å². The molecule has 2 aromatic rings. The molecule has 1 heterocycles. The Balaban J connectivity index is 1.70. The summed E-state index contributed by atoms with van der Waals surface area (Å²) in [5.74, 6) is -0.229. The number of ether oxygens (including phenoxy) is 1. The molecule has 1 saturated heterocycles. The van der Waals surface area contributed by atoms with E-state index in [0.29, 0.717) is 30.0 Å². The van der Waals surface area contributed by atoms with Gasteiger partial charge in [-0.3, -0.25) is 9.59 Å². The summed E-state index contributed by atoms with van der Waals surface area (Å²) in [5, 5.41) is 9.76. The Morgan fingerprint density at radius 1 is 1.19 bits per heavy atom. The van der Waals surface area contributed by atoms with E-state index in [0.717, 1.165) is 18.4 Å². The van der Waals surface area contributed by atoms with Crippen LogP contribution in [0.3, 0.4) is 0 Å². The van der Waals surface area contributed by atoms with E-state index in [-0.39, 0.29) is 12.5 Å². The predicted molar refractivity (Wildman–Crippen MR) is 96.9 cm³/mol. The molecule has 136 valence electrons. The first kappa shape index (κ1) is 17.9. The summed E-state index contributed by atoms with van der Waals surface area (Å²) in [4.78, 5) is 25.8. The van der Waals surface area contributed by atoms with Crippen LogP contribution >= 0.6 is 0 Å². The lowest BCUT2D eigenvalue weighted by Gasteiger charge is -2.30. The zero-order valence-corrected chi connectivity index (χ0v) is 14.4. The number of likely N-dealkylation sites (tertiary alicyclic amines) is 1. The van der Waals surface area contributed by atoms with Crippen LogP contribution in [0, 0.1) is 0 Å². The van der Waals surface area contributed by atoms with Gasteiger partial charge in [0, 0.05) is 18.7 Å². The number of aliphatic hydroxyl groups is 1. The Hall–Kier alpha value is -2.86. The lowest BCUT2D eigenvalue weighted by Crippen LogP contribution is -2.42. The molecule has 0 aromatic heterocycles. The van der Waals surface area contributed by atoms with Crippen molar-refractivity contribution in [2.45, 2.75) is 25.6 Å². The molecule has 1 fully saturated rings. The summed E-state index contributed by atoms with van der Waals surface area (Å²) >= 11 is 0.